The van der Waals surface area contributed by atoms with Crippen molar-refractivity contribution in [3.05, 3.63) is 63.8 Å². The lowest BCUT2D eigenvalue weighted by atomic mass is 9.88. The van der Waals surface area contributed by atoms with Gasteiger partial charge in [0, 0.05) is 16.9 Å². The number of unbranched alkanes of at least 4 members (excludes halogenated alkanes) is 12. The maximum atomic E-state index is 12.8. The number of aryl methyl sites for hydroxylation is 2. The fourth-order valence-corrected chi connectivity index (χ4v) is 6.31. The Morgan fingerprint density at radius 2 is 1.17 bits per heavy atom. The minimum absolute atomic E-state index is 0.171. The predicted molar refractivity (Wildman–Crippen MR) is 186 cm³/mol. The Morgan fingerprint density at radius 1 is 0.659 bits per heavy atom. The van der Waals surface area contributed by atoms with Crippen LogP contribution in [0.4, 0.5) is 0 Å². The SMILES string of the molecule is CCCCCCCc1cc(C=CC(=S)C2=CC=C(CCC)CC2=O)cc(CCCCCCC)c1CCCCCCC. The number of rotatable bonds is 23. The summed E-state index contributed by atoms with van der Waals surface area (Å²) in [4.78, 5) is 13.5. The molecule has 2 heteroatoms. The topological polar surface area (TPSA) is 17.1 Å². The zero-order valence-corrected chi connectivity index (χ0v) is 27.9. The summed E-state index contributed by atoms with van der Waals surface area (Å²) in [5.41, 5.74) is 7.95. The first kappa shape index (κ1) is 35.4. The van der Waals surface area contributed by atoms with Gasteiger partial charge in [-0.25, -0.2) is 0 Å². The molecule has 0 N–H and O–H groups in total. The van der Waals surface area contributed by atoms with E-state index in [1.54, 1.807) is 16.7 Å². The van der Waals surface area contributed by atoms with E-state index in [4.69, 9.17) is 12.2 Å². The molecule has 1 aliphatic rings. The van der Waals surface area contributed by atoms with Crippen molar-refractivity contribution in [3.8, 4) is 0 Å². The first-order valence-corrected chi connectivity index (χ1v) is 17.7. The highest BCUT2D eigenvalue weighted by Gasteiger charge is 2.18. The van der Waals surface area contributed by atoms with Gasteiger partial charge in [-0.1, -0.05) is 153 Å². The normalized spacial score (nSPS) is 13.6. The third-order valence-corrected chi connectivity index (χ3v) is 8.88. The quantitative estimate of drug-likeness (QED) is 0.0732. The minimum atomic E-state index is 0.171. The van der Waals surface area contributed by atoms with Crippen LogP contribution in [0.15, 0.2) is 41.5 Å². The Hall–Kier alpha value is -1.80. The molecule has 41 heavy (non-hydrogen) atoms. The van der Waals surface area contributed by atoms with E-state index < -0.39 is 0 Å². The van der Waals surface area contributed by atoms with Crippen molar-refractivity contribution in [1.29, 1.82) is 0 Å². The van der Waals surface area contributed by atoms with Crippen molar-refractivity contribution in [2.75, 3.05) is 0 Å². The second kappa shape index (κ2) is 21.8. The smallest absolute Gasteiger partial charge is 0.168 e. The van der Waals surface area contributed by atoms with Crippen LogP contribution in [-0.4, -0.2) is 10.6 Å². The van der Waals surface area contributed by atoms with Gasteiger partial charge in [0.2, 0.25) is 0 Å². The van der Waals surface area contributed by atoms with Crippen molar-refractivity contribution in [2.45, 2.75) is 163 Å². The molecule has 0 aliphatic heterocycles. The number of carbonyl (C=O) groups excluding carboxylic acids is 1. The van der Waals surface area contributed by atoms with Crippen LogP contribution in [0.3, 0.4) is 0 Å². The zero-order chi connectivity index (χ0) is 29.7. The van der Waals surface area contributed by atoms with Gasteiger partial charge in [0.15, 0.2) is 5.78 Å². The summed E-state index contributed by atoms with van der Waals surface area (Å²) in [6.45, 7) is 9.04. The summed E-state index contributed by atoms with van der Waals surface area (Å²) < 4.78 is 0. The number of ketones is 1. The molecule has 0 saturated heterocycles. The molecular weight excluding hydrogens is 516 g/mol. The molecule has 2 rings (SSSR count). The molecule has 0 aromatic heterocycles. The minimum Gasteiger partial charge on any atom is -0.294 e. The Bertz CT molecular complexity index is 973. The summed E-state index contributed by atoms with van der Waals surface area (Å²) in [6.07, 6.45) is 34.2. The number of hydrogen-bond donors (Lipinski definition) is 0. The van der Waals surface area contributed by atoms with Gasteiger partial charge in [-0.3, -0.25) is 4.79 Å². The highest BCUT2D eigenvalue weighted by atomic mass is 32.1. The highest BCUT2D eigenvalue weighted by molar-refractivity contribution is 7.81. The Kier molecular flexibility index (Phi) is 18.9. The van der Waals surface area contributed by atoms with E-state index in [2.05, 4.69) is 52.0 Å². The molecule has 0 fully saturated rings. The van der Waals surface area contributed by atoms with Gasteiger partial charge in [-0.05, 0) is 79.4 Å². The second-order valence-electron chi connectivity index (χ2n) is 12.3. The predicted octanol–water partition coefficient (Wildman–Crippen LogP) is 12.2. The molecule has 1 aromatic carbocycles. The Balaban J connectivity index is 2.29. The van der Waals surface area contributed by atoms with Crippen LogP contribution in [0.5, 0.6) is 0 Å². The summed E-state index contributed by atoms with van der Waals surface area (Å²) in [7, 11) is 0. The summed E-state index contributed by atoms with van der Waals surface area (Å²) in [6, 6.07) is 4.88. The maximum absolute atomic E-state index is 12.8. The first-order chi connectivity index (χ1) is 20.0. The molecule has 0 bridgehead atoms. The number of thiocarbonyl (C=S) groups is 1. The second-order valence-corrected chi connectivity index (χ2v) is 12.7. The molecule has 0 amide bonds. The average molecular weight is 577 g/mol. The lowest BCUT2D eigenvalue weighted by Crippen LogP contribution is -2.13. The third kappa shape index (κ3) is 13.8. The molecule has 0 spiro atoms. The highest BCUT2D eigenvalue weighted by Crippen LogP contribution is 2.27. The molecule has 1 nitrogen and oxygen atoms in total. The summed E-state index contributed by atoms with van der Waals surface area (Å²) in [5, 5.41) is 0. The van der Waals surface area contributed by atoms with Crippen LogP contribution in [0.25, 0.3) is 6.08 Å². The molecule has 228 valence electrons. The van der Waals surface area contributed by atoms with Gasteiger partial charge in [-0.15, -0.1) is 0 Å². The molecule has 0 saturated carbocycles. The van der Waals surface area contributed by atoms with Crippen molar-refractivity contribution in [2.24, 2.45) is 0 Å². The van der Waals surface area contributed by atoms with E-state index in [0.29, 0.717) is 16.9 Å². The lowest BCUT2D eigenvalue weighted by molar-refractivity contribution is -0.114. The van der Waals surface area contributed by atoms with Crippen molar-refractivity contribution in [1.82, 2.24) is 0 Å². The lowest BCUT2D eigenvalue weighted by Gasteiger charge is -2.18. The van der Waals surface area contributed by atoms with Crippen molar-refractivity contribution in [3.63, 3.8) is 0 Å². The molecule has 0 unspecified atom stereocenters. The number of Topliss-reactive ketones (excluding diaryl/α,β-unsaturated/α-hetero) is 1. The van der Waals surface area contributed by atoms with Gasteiger partial charge in [0.05, 0.1) is 0 Å². The zero-order valence-electron chi connectivity index (χ0n) is 27.1. The molecule has 1 aliphatic carbocycles. The van der Waals surface area contributed by atoms with Gasteiger partial charge >= 0.3 is 0 Å². The van der Waals surface area contributed by atoms with Gasteiger partial charge in [0.1, 0.15) is 0 Å². The van der Waals surface area contributed by atoms with Crippen LogP contribution >= 0.6 is 12.2 Å². The molecule has 0 heterocycles. The van der Waals surface area contributed by atoms with E-state index in [9.17, 15) is 4.79 Å². The van der Waals surface area contributed by atoms with Crippen LogP contribution in [0.2, 0.25) is 0 Å². The van der Waals surface area contributed by atoms with E-state index in [1.807, 2.05) is 12.2 Å². The van der Waals surface area contributed by atoms with Gasteiger partial charge in [-0.2, -0.15) is 0 Å². The standard InChI is InChI=1S/C39H60OS/c1-5-9-12-15-18-22-34-29-33(26-28-39(41)37-27-25-32(21-8-4)31-38(37)40)30-35(23-19-16-13-10-6-2)36(34)24-20-17-14-11-7-3/h25-30H,5-24,31H2,1-4H3. The van der Waals surface area contributed by atoms with E-state index in [1.165, 1.54) is 127 Å². The molecular formula is C39H60OS. The molecule has 0 atom stereocenters. The van der Waals surface area contributed by atoms with Crippen LogP contribution in [0, 0.1) is 0 Å². The number of allylic oxidation sites excluding steroid dienone is 5. The summed E-state index contributed by atoms with van der Waals surface area (Å²) in [5.74, 6) is 0.171. The number of carbonyl (C=O) groups is 1. The Morgan fingerprint density at radius 3 is 1.66 bits per heavy atom. The third-order valence-electron chi connectivity index (χ3n) is 8.52. The van der Waals surface area contributed by atoms with Crippen LogP contribution < -0.4 is 0 Å². The number of hydrogen-bond acceptors (Lipinski definition) is 2. The van der Waals surface area contributed by atoms with E-state index in [0.717, 1.165) is 12.8 Å². The monoisotopic (exact) mass is 576 g/mol. The fraction of sp³-hybridized carbons (Fsp3) is 0.641. The van der Waals surface area contributed by atoms with Crippen LogP contribution in [0.1, 0.15) is 166 Å². The first-order valence-electron chi connectivity index (χ1n) is 17.3. The largest absolute Gasteiger partial charge is 0.294 e. The average Bonchev–Trinajstić information content (AvgIpc) is 2.96. The Labute approximate surface area is 259 Å². The van der Waals surface area contributed by atoms with Crippen molar-refractivity contribution >= 4 is 28.9 Å². The summed E-state index contributed by atoms with van der Waals surface area (Å²) >= 11 is 5.75. The maximum Gasteiger partial charge on any atom is 0.168 e. The van der Waals surface area contributed by atoms with Crippen molar-refractivity contribution < 1.29 is 4.79 Å². The number of benzene rings is 1. The van der Waals surface area contributed by atoms with E-state index >= 15 is 0 Å². The van der Waals surface area contributed by atoms with Crippen LogP contribution in [-0.2, 0) is 24.1 Å². The van der Waals surface area contributed by atoms with Gasteiger partial charge < -0.3 is 0 Å². The fourth-order valence-electron chi connectivity index (χ4n) is 6.06. The molecule has 1 aromatic rings. The van der Waals surface area contributed by atoms with Gasteiger partial charge in [0.25, 0.3) is 0 Å². The molecule has 0 radical (unpaired) electrons. The van der Waals surface area contributed by atoms with E-state index in [-0.39, 0.29) is 5.78 Å².